The molecule has 1 unspecified atom stereocenters. The van der Waals surface area contributed by atoms with Crippen LogP contribution < -0.4 is 0 Å². The van der Waals surface area contributed by atoms with Crippen molar-refractivity contribution in [2.24, 2.45) is 0 Å². The number of aryl methyl sites for hydroxylation is 1. The third-order valence-corrected chi connectivity index (χ3v) is 4.50. The average Bonchev–Trinajstić information content (AvgIpc) is 3.10. The molecule has 1 N–H and O–H groups in total. The van der Waals surface area contributed by atoms with Crippen molar-refractivity contribution in [3.63, 3.8) is 0 Å². The Bertz CT molecular complexity index is 895. The third-order valence-electron chi connectivity index (χ3n) is 4.50. The number of nitrogens with zero attached hydrogens (tertiary/aromatic N) is 5. The highest BCUT2D eigenvalue weighted by molar-refractivity contribution is 5.67. The molecule has 7 heteroatoms. The number of β-amino-alcohol motifs (C(OH)–C–C–N with tert-alkyl or cyclic N) is 1. The van der Waals surface area contributed by atoms with Crippen molar-refractivity contribution >= 4 is 0 Å². The maximum Gasteiger partial charge on any atom is 0.241 e. The summed E-state index contributed by atoms with van der Waals surface area (Å²) in [4.78, 5) is 15.3. The van der Waals surface area contributed by atoms with E-state index in [2.05, 4.69) is 25.0 Å². The zero-order chi connectivity index (χ0) is 17.9. The van der Waals surface area contributed by atoms with Gasteiger partial charge in [0.25, 0.3) is 0 Å². The Kier molecular flexibility index (Phi) is 4.73. The van der Waals surface area contributed by atoms with Gasteiger partial charge in [0.05, 0.1) is 18.3 Å². The van der Waals surface area contributed by atoms with Gasteiger partial charge in [0.15, 0.2) is 0 Å². The maximum atomic E-state index is 9.78. The first-order valence-corrected chi connectivity index (χ1v) is 8.81. The Labute approximate surface area is 151 Å². The van der Waals surface area contributed by atoms with Crippen LogP contribution in [0.4, 0.5) is 0 Å². The fourth-order valence-corrected chi connectivity index (χ4v) is 3.24. The van der Waals surface area contributed by atoms with E-state index in [-0.39, 0.29) is 6.10 Å². The monoisotopic (exact) mass is 351 g/mol. The van der Waals surface area contributed by atoms with E-state index in [1.807, 2.05) is 37.3 Å². The second-order valence-corrected chi connectivity index (χ2v) is 6.61. The highest BCUT2D eigenvalue weighted by Crippen LogP contribution is 2.24. The van der Waals surface area contributed by atoms with Crippen LogP contribution in [-0.4, -0.2) is 49.3 Å². The number of piperidine rings is 1. The summed E-state index contributed by atoms with van der Waals surface area (Å²) in [7, 11) is 0. The minimum atomic E-state index is -0.265. The first-order chi connectivity index (χ1) is 12.7. The lowest BCUT2D eigenvalue weighted by molar-refractivity contribution is 0.0613. The molecular formula is C19H21N5O2. The van der Waals surface area contributed by atoms with Gasteiger partial charge >= 0.3 is 0 Å². The Balaban J connectivity index is 1.53. The summed E-state index contributed by atoms with van der Waals surface area (Å²) in [5, 5.41) is 13.9. The number of benzene rings is 1. The van der Waals surface area contributed by atoms with Gasteiger partial charge in [-0.1, -0.05) is 23.4 Å². The van der Waals surface area contributed by atoms with E-state index in [9.17, 15) is 5.11 Å². The molecule has 0 saturated carbocycles. The summed E-state index contributed by atoms with van der Waals surface area (Å²) in [6.45, 7) is 4.03. The smallest absolute Gasteiger partial charge is 0.241 e. The molecule has 1 aliphatic heterocycles. The van der Waals surface area contributed by atoms with Gasteiger partial charge in [0, 0.05) is 23.9 Å². The SMILES string of the molecule is Cc1nccc(-c2cccc(-c3noc(CN4CCCC(O)C4)n3)c2)n1. The fourth-order valence-electron chi connectivity index (χ4n) is 3.24. The highest BCUT2D eigenvalue weighted by atomic mass is 16.5. The largest absolute Gasteiger partial charge is 0.392 e. The van der Waals surface area contributed by atoms with Gasteiger partial charge in [-0.15, -0.1) is 0 Å². The molecule has 1 aliphatic rings. The van der Waals surface area contributed by atoms with E-state index >= 15 is 0 Å². The van der Waals surface area contributed by atoms with Gasteiger partial charge in [-0.2, -0.15) is 4.98 Å². The van der Waals surface area contributed by atoms with Crippen molar-refractivity contribution in [1.82, 2.24) is 25.0 Å². The second kappa shape index (κ2) is 7.31. The molecule has 0 aliphatic carbocycles. The minimum absolute atomic E-state index is 0.265. The summed E-state index contributed by atoms with van der Waals surface area (Å²) in [6, 6.07) is 9.80. The molecule has 134 valence electrons. The Morgan fingerprint density at radius 2 is 2.12 bits per heavy atom. The normalized spacial score (nSPS) is 18.2. The van der Waals surface area contributed by atoms with Crippen LogP contribution in [0.5, 0.6) is 0 Å². The summed E-state index contributed by atoms with van der Waals surface area (Å²) in [5.74, 6) is 1.86. The summed E-state index contributed by atoms with van der Waals surface area (Å²) in [6.07, 6.45) is 3.34. The zero-order valence-corrected chi connectivity index (χ0v) is 14.7. The van der Waals surface area contributed by atoms with E-state index in [4.69, 9.17) is 4.52 Å². The molecule has 1 fully saturated rings. The molecule has 3 aromatic rings. The zero-order valence-electron chi connectivity index (χ0n) is 14.7. The molecule has 0 spiro atoms. The van der Waals surface area contributed by atoms with Crippen LogP contribution in [0.25, 0.3) is 22.6 Å². The van der Waals surface area contributed by atoms with Crippen molar-refractivity contribution in [2.45, 2.75) is 32.4 Å². The van der Waals surface area contributed by atoms with E-state index in [0.717, 1.165) is 42.0 Å². The first-order valence-electron chi connectivity index (χ1n) is 8.81. The lowest BCUT2D eigenvalue weighted by Crippen LogP contribution is -2.37. The number of hydrogen-bond donors (Lipinski definition) is 1. The van der Waals surface area contributed by atoms with Crippen LogP contribution in [0.15, 0.2) is 41.1 Å². The quantitative estimate of drug-likeness (QED) is 0.772. The Hall–Kier alpha value is -2.64. The van der Waals surface area contributed by atoms with Crippen LogP contribution in [0.3, 0.4) is 0 Å². The lowest BCUT2D eigenvalue weighted by Gasteiger charge is -2.28. The predicted molar refractivity (Wildman–Crippen MR) is 96.0 cm³/mol. The second-order valence-electron chi connectivity index (χ2n) is 6.61. The average molecular weight is 351 g/mol. The van der Waals surface area contributed by atoms with Gasteiger partial charge < -0.3 is 9.63 Å². The molecule has 0 amide bonds. The Morgan fingerprint density at radius 1 is 1.23 bits per heavy atom. The van der Waals surface area contributed by atoms with E-state index in [1.165, 1.54) is 0 Å². The number of rotatable bonds is 4. The number of aliphatic hydroxyl groups excluding tert-OH is 1. The molecule has 4 rings (SSSR count). The van der Waals surface area contributed by atoms with Crippen molar-refractivity contribution in [3.8, 4) is 22.6 Å². The van der Waals surface area contributed by atoms with E-state index < -0.39 is 0 Å². The number of aliphatic hydroxyl groups is 1. The van der Waals surface area contributed by atoms with Gasteiger partial charge in [-0.05, 0) is 38.4 Å². The number of hydrogen-bond acceptors (Lipinski definition) is 7. The molecule has 1 saturated heterocycles. The van der Waals surface area contributed by atoms with Crippen LogP contribution >= 0.6 is 0 Å². The van der Waals surface area contributed by atoms with Crippen LogP contribution in [-0.2, 0) is 6.54 Å². The van der Waals surface area contributed by atoms with Crippen LogP contribution in [0, 0.1) is 6.92 Å². The van der Waals surface area contributed by atoms with Gasteiger partial charge in [0.2, 0.25) is 11.7 Å². The fraction of sp³-hybridized carbons (Fsp3) is 0.368. The summed E-state index contributed by atoms with van der Waals surface area (Å²) >= 11 is 0. The van der Waals surface area contributed by atoms with Crippen molar-refractivity contribution in [2.75, 3.05) is 13.1 Å². The van der Waals surface area contributed by atoms with Crippen molar-refractivity contribution in [3.05, 3.63) is 48.2 Å². The molecule has 3 heterocycles. The van der Waals surface area contributed by atoms with Gasteiger partial charge in [0.1, 0.15) is 5.82 Å². The van der Waals surface area contributed by atoms with Gasteiger partial charge in [-0.25, -0.2) is 9.97 Å². The molecule has 1 atom stereocenters. The summed E-state index contributed by atoms with van der Waals surface area (Å²) in [5.41, 5.74) is 2.73. The number of likely N-dealkylation sites (tertiary alicyclic amines) is 1. The maximum absolute atomic E-state index is 9.78. The highest BCUT2D eigenvalue weighted by Gasteiger charge is 2.20. The van der Waals surface area contributed by atoms with E-state index in [1.54, 1.807) is 6.20 Å². The minimum Gasteiger partial charge on any atom is -0.392 e. The molecule has 1 aromatic carbocycles. The molecule has 26 heavy (non-hydrogen) atoms. The van der Waals surface area contributed by atoms with Gasteiger partial charge in [-0.3, -0.25) is 4.90 Å². The summed E-state index contributed by atoms with van der Waals surface area (Å²) < 4.78 is 5.41. The molecule has 0 radical (unpaired) electrons. The molecule has 2 aromatic heterocycles. The molecular weight excluding hydrogens is 330 g/mol. The topological polar surface area (TPSA) is 88.2 Å². The Morgan fingerprint density at radius 3 is 2.96 bits per heavy atom. The lowest BCUT2D eigenvalue weighted by atomic mass is 10.1. The standard InChI is InChI=1S/C19H21N5O2/c1-13-20-8-7-17(21-13)14-4-2-5-15(10-14)19-22-18(26-23-19)12-24-9-3-6-16(25)11-24/h2,4-5,7-8,10,16,25H,3,6,9,11-12H2,1H3. The first kappa shape index (κ1) is 16.8. The molecule has 0 bridgehead atoms. The molecule has 7 nitrogen and oxygen atoms in total. The van der Waals surface area contributed by atoms with Crippen LogP contribution in [0.2, 0.25) is 0 Å². The third kappa shape index (κ3) is 3.79. The number of aromatic nitrogens is 4. The van der Waals surface area contributed by atoms with Crippen molar-refractivity contribution < 1.29 is 9.63 Å². The van der Waals surface area contributed by atoms with E-state index in [0.29, 0.717) is 24.8 Å². The van der Waals surface area contributed by atoms with Crippen molar-refractivity contribution in [1.29, 1.82) is 0 Å². The van der Waals surface area contributed by atoms with Crippen LogP contribution in [0.1, 0.15) is 24.6 Å². The predicted octanol–water partition coefficient (Wildman–Crippen LogP) is 2.46.